The van der Waals surface area contributed by atoms with Crippen LogP contribution in [0, 0.1) is 0 Å². The largest absolute Gasteiger partial charge is 0.490 e. The zero-order chi connectivity index (χ0) is 14.9. The minimum atomic E-state index is -0.211. The molecule has 0 radical (unpaired) electrons. The van der Waals surface area contributed by atoms with Gasteiger partial charge in [0.2, 0.25) is 0 Å². The van der Waals surface area contributed by atoms with E-state index < -0.39 is 0 Å². The van der Waals surface area contributed by atoms with Gasteiger partial charge in [0.05, 0.1) is 19.4 Å². The van der Waals surface area contributed by atoms with Gasteiger partial charge >= 0.3 is 0 Å². The van der Waals surface area contributed by atoms with Crippen LogP contribution in [0.3, 0.4) is 0 Å². The summed E-state index contributed by atoms with van der Waals surface area (Å²) >= 11 is 0. The average molecular weight is 289 g/mol. The van der Waals surface area contributed by atoms with Crippen LogP contribution in [-0.4, -0.2) is 19.1 Å². The molecular formula is C16H19NO4. The molecule has 0 atom stereocenters. The summed E-state index contributed by atoms with van der Waals surface area (Å²) in [4.78, 5) is 11.7. The number of hydrogen-bond donors (Lipinski definition) is 1. The van der Waals surface area contributed by atoms with E-state index >= 15 is 0 Å². The molecule has 0 spiro atoms. The summed E-state index contributed by atoms with van der Waals surface area (Å²) in [6.07, 6.45) is 2.48. The predicted molar refractivity (Wildman–Crippen MR) is 78.3 cm³/mol. The highest BCUT2D eigenvalue weighted by Gasteiger charge is 2.07. The van der Waals surface area contributed by atoms with Crippen molar-refractivity contribution in [1.82, 2.24) is 5.32 Å². The van der Waals surface area contributed by atoms with Gasteiger partial charge in [-0.05, 0) is 30.7 Å². The zero-order valence-electron chi connectivity index (χ0n) is 12.0. The van der Waals surface area contributed by atoms with Gasteiger partial charge in [-0.1, -0.05) is 19.1 Å². The number of nitrogens with one attached hydrogen (secondary N) is 1. The lowest BCUT2D eigenvalue weighted by Crippen LogP contribution is -2.28. The van der Waals surface area contributed by atoms with E-state index in [1.165, 1.54) is 0 Å². The van der Waals surface area contributed by atoms with E-state index in [2.05, 4.69) is 5.32 Å². The molecule has 0 fully saturated rings. The van der Waals surface area contributed by atoms with Gasteiger partial charge in [-0.3, -0.25) is 4.79 Å². The monoisotopic (exact) mass is 289 g/mol. The number of benzene rings is 1. The lowest BCUT2D eigenvalue weighted by Gasteiger charge is -2.11. The van der Waals surface area contributed by atoms with Crippen molar-refractivity contribution >= 4 is 5.91 Å². The fourth-order valence-corrected chi connectivity index (χ4v) is 1.69. The molecule has 2 aromatic rings. The second-order valence-electron chi connectivity index (χ2n) is 4.44. The maximum absolute atomic E-state index is 11.7. The van der Waals surface area contributed by atoms with Gasteiger partial charge in [0, 0.05) is 0 Å². The lowest BCUT2D eigenvalue weighted by atomic mass is 10.3. The van der Waals surface area contributed by atoms with Crippen LogP contribution in [0.4, 0.5) is 0 Å². The standard InChI is InChI=1S/C16H19NO4/c1-2-9-20-14-7-3-4-8-15(14)21-12-16(18)17-11-13-6-5-10-19-13/h3-8,10H,2,9,11-12H2,1H3,(H,17,18). The van der Waals surface area contributed by atoms with Crippen LogP contribution < -0.4 is 14.8 Å². The molecular weight excluding hydrogens is 270 g/mol. The Morgan fingerprint density at radius 2 is 1.90 bits per heavy atom. The van der Waals surface area contributed by atoms with E-state index in [0.29, 0.717) is 30.4 Å². The van der Waals surface area contributed by atoms with E-state index in [0.717, 1.165) is 6.42 Å². The Hall–Kier alpha value is -2.43. The number of furan rings is 1. The maximum Gasteiger partial charge on any atom is 0.258 e. The smallest absolute Gasteiger partial charge is 0.258 e. The van der Waals surface area contributed by atoms with Gasteiger partial charge in [0.25, 0.3) is 5.91 Å². The average Bonchev–Trinajstić information content (AvgIpc) is 3.03. The Balaban J connectivity index is 1.80. The Bertz CT molecular complexity index is 551. The van der Waals surface area contributed by atoms with Crippen molar-refractivity contribution in [3.8, 4) is 11.5 Å². The molecule has 5 heteroatoms. The van der Waals surface area contributed by atoms with Gasteiger partial charge in [-0.2, -0.15) is 0 Å². The summed E-state index contributed by atoms with van der Waals surface area (Å²) in [5.41, 5.74) is 0. The van der Waals surface area contributed by atoms with Crippen molar-refractivity contribution in [2.24, 2.45) is 0 Å². The zero-order valence-corrected chi connectivity index (χ0v) is 12.0. The highest BCUT2D eigenvalue weighted by Crippen LogP contribution is 2.26. The Kier molecular flexibility index (Phi) is 5.70. The van der Waals surface area contributed by atoms with Gasteiger partial charge in [0.1, 0.15) is 5.76 Å². The molecule has 21 heavy (non-hydrogen) atoms. The third kappa shape index (κ3) is 4.87. The molecule has 0 saturated heterocycles. The van der Waals surface area contributed by atoms with Crippen LogP contribution in [0.2, 0.25) is 0 Å². The van der Waals surface area contributed by atoms with Gasteiger partial charge in [-0.15, -0.1) is 0 Å². The second kappa shape index (κ2) is 7.99. The molecule has 2 rings (SSSR count). The highest BCUT2D eigenvalue weighted by molar-refractivity contribution is 5.77. The third-order valence-corrected chi connectivity index (χ3v) is 2.71. The molecule has 0 aliphatic carbocycles. The summed E-state index contributed by atoms with van der Waals surface area (Å²) in [6, 6.07) is 10.9. The summed E-state index contributed by atoms with van der Waals surface area (Å²) < 4.78 is 16.2. The van der Waals surface area contributed by atoms with Crippen LogP contribution >= 0.6 is 0 Å². The minimum absolute atomic E-state index is 0.0623. The Morgan fingerprint density at radius 1 is 1.14 bits per heavy atom. The molecule has 0 unspecified atom stereocenters. The van der Waals surface area contributed by atoms with E-state index in [-0.39, 0.29) is 12.5 Å². The quantitative estimate of drug-likeness (QED) is 0.811. The van der Waals surface area contributed by atoms with Crippen molar-refractivity contribution in [2.75, 3.05) is 13.2 Å². The first-order valence-electron chi connectivity index (χ1n) is 6.93. The molecule has 0 saturated carbocycles. The fraction of sp³-hybridized carbons (Fsp3) is 0.312. The van der Waals surface area contributed by atoms with Crippen LogP contribution in [-0.2, 0) is 11.3 Å². The van der Waals surface area contributed by atoms with Crippen molar-refractivity contribution in [3.05, 3.63) is 48.4 Å². The summed E-state index contributed by atoms with van der Waals surface area (Å²) in [7, 11) is 0. The molecule has 1 amide bonds. The SMILES string of the molecule is CCCOc1ccccc1OCC(=O)NCc1ccco1. The first kappa shape index (κ1) is 15.0. The molecule has 5 nitrogen and oxygen atoms in total. The summed E-state index contributed by atoms with van der Waals surface area (Å²) in [5.74, 6) is 1.71. The lowest BCUT2D eigenvalue weighted by molar-refractivity contribution is -0.123. The van der Waals surface area contributed by atoms with E-state index in [4.69, 9.17) is 13.9 Å². The van der Waals surface area contributed by atoms with Gasteiger partial charge < -0.3 is 19.2 Å². The Morgan fingerprint density at radius 3 is 2.57 bits per heavy atom. The van der Waals surface area contributed by atoms with Gasteiger partial charge in [-0.25, -0.2) is 0 Å². The third-order valence-electron chi connectivity index (χ3n) is 2.71. The van der Waals surface area contributed by atoms with E-state index in [9.17, 15) is 4.79 Å². The number of rotatable bonds is 8. The van der Waals surface area contributed by atoms with Crippen LogP contribution in [0.1, 0.15) is 19.1 Å². The van der Waals surface area contributed by atoms with Crippen LogP contribution in [0.5, 0.6) is 11.5 Å². The second-order valence-corrected chi connectivity index (χ2v) is 4.44. The number of ether oxygens (including phenoxy) is 2. The van der Waals surface area contributed by atoms with E-state index in [1.54, 1.807) is 24.5 Å². The topological polar surface area (TPSA) is 60.7 Å². The number of carbonyl (C=O) groups is 1. The van der Waals surface area contributed by atoms with Gasteiger partial charge in [0.15, 0.2) is 18.1 Å². The van der Waals surface area contributed by atoms with Crippen molar-refractivity contribution in [3.63, 3.8) is 0 Å². The number of hydrogen-bond acceptors (Lipinski definition) is 4. The molecule has 1 heterocycles. The van der Waals surface area contributed by atoms with Crippen molar-refractivity contribution in [1.29, 1.82) is 0 Å². The summed E-state index contributed by atoms with van der Waals surface area (Å²) in [5, 5.41) is 2.72. The van der Waals surface area contributed by atoms with Crippen molar-refractivity contribution < 1.29 is 18.7 Å². The first-order valence-corrected chi connectivity index (χ1v) is 6.93. The van der Waals surface area contributed by atoms with Crippen molar-refractivity contribution in [2.45, 2.75) is 19.9 Å². The maximum atomic E-state index is 11.7. The molecule has 1 aromatic heterocycles. The number of para-hydroxylation sites is 2. The molecule has 0 bridgehead atoms. The molecule has 112 valence electrons. The minimum Gasteiger partial charge on any atom is -0.490 e. The number of carbonyl (C=O) groups excluding carboxylic acids is 1. The molecule has 1 aromatic carbocycles. The normalized spacial score (nSPS) is 10.1. The Labute approximate surface area is 123 Å². The fourth-order valence-electron chi connectivity index (χ4n) is 1.69. The molecule has 0 aliphatic heterocycles. The number of amides is 1. The molecule has 0 aliphatic rings. The summed E-state index contributed by atoms with van der Waals surface area (Å²) in [6.45, 7) is 2.94. The first-order chi connectivity index (χ1) is 10.3. The van der Waals surface area contributed by atoms with E-state index in [1.807, 2.05) is 25.1 Å². The van der Waals surface area contributed by atoms with Crippen LogP contribution in [0.15, 0.2) is 47.1 Å². The highest BCUT2D eigenvalue weighted by atomic mass is 16.5. The molecule has 1 N–H and O–H groups in total. The van der Waals surface area contributed by atoms with Crippen LogP contribution in [0.25, 0.3) is 0 Å². The predicted octanol–water partition coefficient (Wildman–Crippen LogP) is 2.76.